The van der Waals surface area contributed by atoms with Gasteiger partial charge in [-0.15, -0.1) is 0 Å². The minimum atomic E-state index is -0.0809. The van der Waals surface area contributed by atoms with Crippen LogP contribution in [0.15, 0.2) is 30.1 Å². The molecule has 0 radical (unpaired) electrons. The van der Waals surface area contributed by atoms with Gasteiger partial charge in [0.25, 0.3) is 5.91 Å². The lowest BCUT2D eigenvalue weighted by molar-refractivity contribution is -0.122. The lowest BCUT2D eigenvalue weighted by Crippen LogP contribution is -2.39. The molecular weight excluding hydrogens is 312 g/mol. The number of ether oxygens (including phenoxy) is 1. The maximum absolute atomic E-state index is 12.4. The molecule has 2 saturated heterocycles. The molecule has 0 unspecified atom stereocenters. The van der Waals surface area contributed by atoms with E-state index in [1.54, 1.807) is 17.2 Å². The number of thiocarbonyl (C=S) groups is 1. The molecule has 3 heterocycles. The van der Waals surface area contributed by atoms with Crippen LogP contribution in [0.1, 0.15) is 12.1 Å². The topological polar surface area (TPSA) is 57.7 Å². The maximum Gasteiger partial charge on any atom is 0.276 e. The van der Waals surface area contributed by atoms with Gasteiger partial charge in [0.1, 0.15) is 5.70 Å². The van der Waals surface area contributed by atoms with Gasteiger partial charge in [-0.05, 0) is 36.8 Å². The zero-order chi connectivity index (χ0) is 16.1. The number of nitrogens with one attached hydrogen (secondary N) is 1. The Morgan fingerprint density at radius 1 is 1.30 bits per heavy atom. The molecule has 6 nitrogen and oxygen atoms in total. The number of hydrogen-bond acceptors (Lipinski definition) is 5. The highest BCUT2D eigenvalue weighted by Crippen LogP contribution is 2.13. The number of nitrogens with zero attached hydrogens (tertiary/aromatic N) is 3. The summed E-state index contributed by atoms with van der Waals surface area (Å²) in [6, 6.07) is 5.58. The summed E-state index contributed by atoms with van der Waals surface area (Å²) in [7, 11) is 0. The van der Waals surface area contributed by atoms with E-state index in [0.717, 1.165) is 45.0 Å². The molecule has 0 bridgehead atoms. The van der Waals surface area contributed by atoms with Crippen molar-refractivity contribution in [1.29, 1.82) is 0 Å². The van der Waals surface area contributed by atoms with Crippen LogP contribution < -0.4 is 5.32 Å². The zero-order valence-electron chi connectivity index (χ0n) is 12.9. The van der Waals surface area contributed by atoms with Crippen LogP contribution in [-0.2, 0) is 9.53 Å². The van der Waals surface area contributed by atoms with Crippen LogP contribution in [0.3, 0.4) is 0 Å². The molecule has 23 heavy (non-hydrogen) atoms. The van der Waals surface area contributed by atoms with Crippen LogP contribution in [0, 0.1) is 0 Å². The van der Waals surface area contributed by atoms with E-state index in [4.69, 9.17) is 17.0 Å². The van der Waals surface area contributed by atoms with E-state index in [1.807, 2.05) is 18.2 Å². The maximum atomic E-state index is 12.4. The number of carbonyl (C=O) groups is 1. The monoisotopic (exact) mass is 332 g/mol. The third kappa shape index (κ3) is 4.13. The van der Waals surface area contributed by atoms with Crippen molar-refractivity contribution in [3.05, 3.63) is 35.8 Å². The SMILES string of the molecule is O=C1/C(=C/c2ccccn2)NC(=S)N1CCCN1CCOCC1. The minimum Gasteiger partial charge on any atom is -0.379 e. The fraction of sp³-hybridized carbons (Fsp3) is 0.438. The smallest absolute Gasteiger partial charge is 0.276 e. The second-order valence-corrected chi connectivity index (χ2v) is 5.89. The molecular formula is C16H20N4O2S. The molecule has 1 aromatic heterocycles. The third-order valence-electron chi connectivity index (χ3n) is 3.90. The normalized spacial score (nSPS) is 21.0. The summed E-state index contributed by atoms with van der Waals surface area (Å²) in [5.41, 5.74) is 1.22. The van der Waals surface area contributed by atoms with E-state index in [9.17, 15) is 4.79 Å². The van der Waals surface area contributed by atoms with Crippen LogP contribution in [0.5, 0.6) is 0 Å². The first-order valence-corrected chi connectivity index (χ1v) is 8.20. The molecule has 1 amide bonds. The Morgan fingerprint density at radius 2 is 2.13 bits per heavy atom. The first-order chi connectivity index (χ1) is 11.2. The van der Waals surface area contributed by atoms with E-state index in [0.29, 0.717) is 17.4 Å². The number of amides is 1. The Labute approximate surface area is 141 Å². The van der Waals surface area contributed by atoms with Gasteiger partial charge in [0.05, 0.1) is 18.9 Å². The van der Waals surface area contributed by atoms with Gasteiger partial charge in [-0.2, -0.15) is 0 Å². The van der Waals surface area contributed by atoms with E-state index in [1.165, 1.54) is 0 Å². The number of morpholine rings is 1. The van der Waals surface area contributed by atoms with Crippen molar-refractivity contribution in [3.63, 3.8) is 0 Å². The molecule has 0 aromatic carbocycles. The quantitative estimate of drug-likeness (QED) is 0.638. The molecule has 7 heteroatoms. The molecule has 2 aliphatic rings. The fourth-order valence-corrected chi connectivity index (χ4v) is 2.95. The van der Waals surface area contributed by atoms with Gasteiger partial charge in [-0.3, -0.25) is 19.6 Å². The summed E-state index contributed by atoms with van der Waals surface area (Å²) in [6.45, 7) is 5.08. The van der Waals surface area contributed by atoms with Crippen LogP contribution in [-0.4, -0.2) is 65.2 Å². The van der Waals surface area contributed by atoms with Gasteiger partial charge < -0.3 is 10.1 Å². The summed E-state index contributed by atoms with van der Waals surface area (Å²) in [5, 5.41) is 3.46. The van der Waals surface area contributed by atoms with Gasteiger partial charge in [0, 0.05) is 32.4 Å². The highest BCUT2D eigenvalue weighted by atomic mass is 32.1. The second-order valence-electron chi connectivity index (χ2n) is 5.51. The van der Waals surface area contributed by atoms with Crippen LogP contribution in [0.25, 0.3) is 6.08 Å². The Morgan fingerprint density at radius 3 is 2.87 bits per heavy atom. The van der Waals surface area contributed by atoms with Crippen molar-refractivity contribution in [1.82, 2.24) is 20.1 Å². The number of pyridine rings is 1. The zero-order valence-corrected chi connectivity index (χ0v) is 13.7. The molecule has 3 rings (SSSR count). The molecule has 122 valence electrons. The summed E-state index contributed by atoms with van der Waals surface area (Å²) in [4.78, 5) is 20.6. The highest BCUT2D eigenvalue weighted by Gasteiger charge is 2.30. The molecule has 0 spiro atoms. The number of hydrogen-bond donors (Lipinski definition) is 1. The second kappa shape index (κ2) is 7.63. The molecule has 2 fully saturated rings. The van der Waals surface area contributed by atoms with Crippen molar-refractivity contribution < 1.29 is 9.53 Å². The summed E-state index contributed by atoms with van der Waals surface area (Å²) in [5.74, 6) is -0.0809. The first-order valence-electron chi connectivity index (χ1n) is 7.80. The van der Waals surface area contributed by atoms with E-state index < -0.39 is 0 Å². The van der Waals surface area contributed by atoms with Crippen LogP contribution >= 0.6 is 12.2 Å². The fourth-order valence-electron chi connectivity index (χ4n) is 2.66. The van der Waals surface area contributed by atoms with Gasteiger partial charge in [-0.1, -0.05) is 6.07 Å². The Balaban J connectivity index is 1.55. The average Bonchev–Trinajstić information content (AvgIpc) is 2.84. The number of aromatic nitrogens is 1. The first kappa shape index (κ1) is 16.0. The third-order valence-corrected chi connectivity index (χ3v) is 4.22. The molecule has 1 aromatic rings. The predicted octanol–water partition coefficient (Wildman–Crippen LogP) is 0.861. The molecule has 1 N–H and O–H groups in total. The standard InChI is InChI=1S/C16H20N4O2S/c21-15-14(12-13-4-1-2-5-17-13)18-16(23)20(15)7-3-6-19-8-10-22-11-9-19/h1-2,4-5,12H,3,6-11H2,(H,18,23)/b14-12-. The summed E-state index contributed by atoms with van der Waals surface area (Å²) < 4.78 is 5.33. The van der Waals surface area contributed by atoms with Crippen molar-refractivity contribution in [3.8, 4) is 0 Å². The lowest BCUT2D eigenvalue weighted by Gasteiger charge is -2.27. The van der Waals surface area contributed by atoms with Crippen molar-refractivity contribution >= 4 is 29.3 Å². The predicted molar refractivity (Wildman–Crippen MR) is 91.5 cm³/mol. The van der Waals surface area contributed by atoms with E-state index in [-0.39, 0.29) is 5.91 Å². The Bertz CT molecular complexity index is 599. The highest BCUT2D eigenvalue weighted by molar-refractivity contribution is 7.80. The largest absolute Gasteiger partial charge is 0.379 e. The van der Waals surface area contributed by atoms with Crippen LogP contribution in [0.2, 0.25) is 0 Å². The summed E-state index contributed by atoms with van der Waals surface area (Å²) in [6.07, 6.45) is 4.32. The van der Waals surface area contributed by atoms with Gasteiger partial charge in [0.15, 0.2) is 5.11 Å². The molecule has 0 saturated carbocycles. The Hall–Kier alpha value is -1.83. The van der Waals surface area contributed by atoms with Gasteiger partial charge in [0.2, 0.25) is 0 Å². The number of carbonyl (C=O) groups excluding carboxylic acids is 1. The average molecular weight is 332 g/mol. The number of rotatable bonds is 5. The van der Waals surface area contributed by atoms with Gasteiger partial charge >= 0.3 is 0 Å². The van der Waals surface area contributed by atoms with Crippen molar-refractivity contribution in [2.45, 2.75) is 6.42 Å². The molecule has 0 atom stereocenters. The molecule has 0 aliphatic carbocycles. The minimum absolute atomic E-state index is 0.0809. The van der Waals surface area contributed by atoms with E-state index in [2.05, 4.69) is 15.2 Å². The van der Waals surface area contributed by atoms with E-state index >= 15 is 0 Å². The van der Waals surface area contributed by atoms with Crippen molar-refractivity contribution in [2.24, 2.45) is 0 Å². The molecule has 2 aliphatic heterocycles. The van der Waals surface area contributed by atoms with Crippen LogP contribution in [0.4, 0.5) is 0 Å². The Kier molecular flexibility index (Phi) is 5.32. The van der Waals surface area contributed by atoms with Crippen molar-refractivity contribution in [2.75, 3.05) is 39.4 Å². The summed E-state index contributed by atoms with van der Waals surface area (Å²) >= 11 is 5.28. The lowest BCUT2D eigenvalue weighted by atomic mass is 10.3. The van der Waals surface area contributed by atoms with Gasteiger partial charge in [-0.25, -0.2) is 0 Å².